The second-order valence-electron chi connectivity index (χ2n) is 5.75. The zero-order valence-electron chi connectivity index (χ0n) is 14.3. The van der Waals surface area contributed by atoms with Crippen LogP contribution in [0.2, 0.25) is 5.02 Å². The van der Waals surface area contributed by atoms with E-state index in [0.717, 1.165) is 10.9 Å². The van der Waals surface area contributed by atoms with E-state index < -0.39 is 5.97 Å². The van der Waals surface area contributed by atoms with Gasteiger partial charge >= 0.3 is 5.97 Å². The molecule has 0 N–H and O–H groups in total. The van der Waals surface area contributed by atoms with Gasteiger partial charge < -0.3 is 18.4 Å². The Balaban J connectivity index is 1.46. The zero-order chi connectivity index (χ0) is 18.8. The lowest BCUT2D eigenvalue weighted by atomic mass is 10.2. The number of esters is 1. The first-order chi connectivity index (χ1) is 13.1. The van der Waals surface area contributed by atoms with Crippen LogP contribution in [0.25, 0.3) is 22.3 Å². The maximum absolute atomic E-state index is 12.3. The van der Waals surface area contributed by atoms with Gasteiger partial charge in [-0.25, -0.2) is 4.79 Å². The highest BCUT2D eigenvalue weighted by molar-refractivity contribution is 6.30. The molecule has 0 atom stereocenters. The van der Waals surface area contributed by atoms with E-state index in [0.29, 0.717) is 27.8 Å². The first-order valence-electron chi connectivity index (χ1n) is 8.09. The van der Waals surface area contributed by atoms with Gasteiger partial charge in [0.1, 0.15) is 12.3 Å². The minimum absolute atomic E-state index is 0.0376. The topological polar surface area (TPSA) is 74.7 Å². The molecule has 0 aliphatic rings. The fraction of sp³-hybridized carbons (Fsp3) is 0.100. The SMILES string of the molecule is COc1cccc2cc(C(=O)OCc3cc(-c4ccc(Cl)cc4)on3)oc12. The molecule has 0 unspecified atom stereocenters. The molecule has 0 saturated heterocycles. The molecule has 0 radical (unpaired) electrons. The second kappa shape index (κ2) is 7.17. The Morgan fingerprint density at radius 1 is 1.15 bits per heavy atom. The summed E-state index contributed by atoms with van der Waals surface area (Å²) < 4.78 is 21.3. The summed E-state index contributed by atoms with van der Waals surface area (Å²) in [6, 6.07) is 15.9. The third kappa shape index (κ3) is 3.52. The van der Waals surface area contributed by atoms with Crippen molar-refractivity contribution in [3.63, 3.8) is 0 Å². The van der Waals surface area contributed by atoms with E-state index in [2.05, 4.69) is 5.16 Å². The van der Waals surface area contributed by atoms with Crippen LogP contribution in [-0.2, 0) is 11.3 Å². The quantitative estimate of drug-likeness (QED) is 0.446. The minimum atomic E-state index is -0.593. The molecule has 2 aromatic carbocycles. The summed E-state index contributed by atoms with van der Waals surface area (Å²) in [5.41, 5.74) is 1.81. The molecule has 0 aliphatic heterocycles. The Kier molecular flexibility index (Phi) is 4.56. The van der Waals surface area contributed by atoms with Crippen LogP contribution in [0.5, 0.6) is 5.75 Å². The van der Waals surface area contributed by atoms with E-state index >= 15 is 0 Å². The number of ether oxygens (including phenoxy) is 2. The Labute approximate surface area is 159 Å². The number of furan rings is 1. The number of hydrogen-bond acceptors (Lipinski definition) is 6. The smallest absolute Gasteiger partial charge is 0.374 e. The van der Waals surface area contributed by atoms with Crippen molar-refractivity contribution in [3.05, 3.63) is 71.1 Å². The Bertz CT molecular complexity index is 1100. The van der Waals surface area contributed by atoms with Crippen LogP contribution in [0, 0.1) is 0 Å². The molecule has 6 nitrogen and oxygen atoms in total. The summed E-state index contributed by atoms with van der Waals surface area (Å²) in [5.74, 6) is 0.613. The summed E-state index contributed by atoms with van der Waals surface area (Å²) in [6.45, 7) is -0.0376. The summed E-state index contributed by atoms with van der Waals surface area (Å²) in [4.78, 5) is 12.3. The van der Waals surface area contributed by atoms with E-state index in [1.165, 1.54) is 7.11 Å². The van der Waals surface area contributed by atoms with E-state index in [1.54, 1.807) is 30.3 Å². The normalized spacial score (nSPS) is 10.9. The van der Waals surface area contributed by atoms with Crippen molar-refractivity contribution in [1.29, 1.82) is 0 Å². The average Bonchev–Trinajstić information content (AvgIpc) is 3.33. The van der Waals surface area contributed by atoms with Crippen LogP contribution in [-0.4, -0.2) is 18.2 Å². The number of benzene rings is 2. The van der Waals surface area contributed by atoms with Gasteiger partial charge in [-0.3, -0.25) is 0 Å². The number of para-hydroxylation sites is 1. The fourth-order valence-electron chi connectivity index (χ4n) is 2.64. The fourth-order valence-corrected chi connectivity index (χ4v) is 2.76. The predicted octanol–water partition coefficient (Wildman–Crippen LogP) is 5.11. The molecule has 0 bridgehead atoms. The number of methoxy groups -OCH3 is 1. The molecule has 2 heterocycles. The summed E-state index contributed by atoms with van der Waals surface area (Å²) in [7, 11) is 1.54. The van der Waals surface area contributed by atoms with Gasteiger partial charge in [0.25, 0.3) is 0 Å². The number of aromatic nitrogens is 1. The molecule has 0 aliphatic carbocycles. The molecular formula is C20H14ClNO5. The van der Waals surface area contributed by atoms with E-state index in [-0.39, 0.29) is 12.4 Å². The van der Waals surface area contributed by atoms with Gasteiger partial charge in [0.2, 0.25) is 5.76 Å². The van der Waals surface area contributed by atoms with Crippen molar-refractivity contribution < 1.29 is 23.2 Å². The second-order valence-corrected chi connectivity index (χ2v) is 6.19. The van der Waals surface area contributed by atoms with Crippen LogP contribution in [0.15, 0.2) is 63.5 Å². The van der Waals surface area contributed by atoms with Gasteiger partial charge in [-0.15, -0.1) is 0 Å². The molecule has 136 valence electrons. The maximum atomic E-state index is 12.3. The maximum Gasteiger partial charge on any atom is 0.374 e. The lowest BCUT2D eigenvalue weighted by molar-refractivity contribution is 0.0430. The molecule has 4 aromatic rings. The third-order valence-electron chi connectivity index (χ3n) is 3.97. The Morgan fingerprint density at radius 3 is 2.74 bits per heavy atom. The van der Waals surface area contributed by atoms with Crippen LogP contribution in [0.4, 0.5) is 0 Å². The van der Waals surface area contributed by atoms with E-state index in [9.17, 15) is 4.79 Å². The number of halogens is 1. The van der Waals surface area contributed by atoms with Crippen LogP contribution >= 0.6 is 11.6 Å². The number of fused-ring (bicyclic) bond motifs is 1. The van der Waals surface area contributed by atoms with Crippen LogP contribution < -0.4 is 4.74 Å². The number of carbonyl (C=O) groups excluding carboxylic acids is 1. The van der Waals surface area contributed by atoms with Gasteiger partial charge in [-0.1, -0.05) is 28.9 Å². The number of hydrogen-bond donors (Lipinski definition) is 0. The van der Waals surface area contributed by atoms with Crippen molar-refractivity contribution in [2.75, 3.05) is 7.11 Å². The minimum Gasteiger partial charge on any atom is -0.493 e. The Morgan fingerprint density at radius 2 is 1.96 bits per heavy atom. The van der Waals surface area contributed by atoms with Crippen molar-refractivity contribution in [2.24, 2.45) is 0 Å². The molecule has 0 amide bonds. The summed E-state index contributed by atoms with van der Waals surface area (Å²) in [6.07, 6.45) is 0. The van der Waals surface area contributed by atoms with E-state index in [4.69, 9.17) is 30.0 Å². The van der Waals surface area contributed by atoms with Gasteiger partial charge in [-0.05, 0) is 36.4 Å². The number of carbonyl (C=O) groups is 1. The molecule has 0 saturated carbocycles. The molecule has 7 heteroatoms. The number of nitrogens with zero attached hydrogens (tertiary/aromatic N) is 1. The molecular weight excluding hydrogens is 370 g/mol. The van der Waals surface area contributed by atoms with Gasteiger partial charge in [-0.2, -0.15) is 0 Å². The molecule has 4 rings (SSSR count). The number of rotatable bonds is 5. The van der Waals surface area contributed by atoms with Crippen LogP contribution in [0.3, 0.4) is 0 Å². The van der Waals surface area contributed by atoms with Gasteiger partial charge in [0.05, 0.1) is 7.11 Å². The lowest BCUT2D eigenvalue weighted by Gasteiger charge is -2.00. The molecule has 27 heavy (non-hydrogen) atoms. The van der Waals surface area contributed by atoms with Crippen molar-refractivity contribution in [3.8, 4) is 17.1 Å². The standard InChI is InChI=1S/C20H14ClNO5/c1-24-16-4-2-3-13-9-18(26-19(13)16)20(23)25-11-15-10-17(27-22-15)12-5-7-14(21)8-6-12/h2-10H,11H2,1H3. The van der Waals surface area contributed by atoms with Crippen molar-refractivity contribution in [1.82, 2.24) is 5.16 Å². The summed E-state index contributed by atoms with van der Waals surface area (Å²) >= 11 is 5.87. The highest BCUT2D eigenvalue weighted by Gasteiger charge is 2.17. The lowest BCUT2D eigenvalue weighted by Crippen LogP contribution is -2.03. The Hall–Kier alpha value is -3.25. The first-order valence-corrected chi connectivity index (χ1v) is 8.47. The van der Waals surface area contributed by atoms with Crippen molar-refractivity contribution >= 4 is 28.5 Å². The van der Waals surface area contributed by atoms with Crippen molar-refractivity contribution in [2.45, 2.75) is 6.61 Å². The predicted molar refractivity (Wildman–Crippen MR) is 98.8 cm³/mol. The highest BCUT2D eigenvalue weighted by atomic mass is 35.5. The van der Waals surface area contributed by atoms with Gasteiger partial charge in [0, 0.05) is 22.0 Å². The van der Waals surface area contributed by atoms with E-state index in [1.807, 2.05) is 24.3 Å². The summed E-state index contributed by atoms with van der Waals surface area (Å²) in [5, 5.41) is 5.31. The molecule has 0 fully saturated rings. The molecule has 2 aromatic heterocycles. The largest absolute Gasteiger partial charge is 0.493 e. The monoisotopic (exact) mass is 383 g/mol. The first kappa shape index (κ1) is 17.2. The average molecular weight is 384 g/mol. The van der Waals surface area contributed by atoms with Crippen LogP contribution in [0.1, 0.15) is 16.2 Å². The molecule has 0 spiro atoms. The zero-order valence-corrected chi connectivity index (χ0v) is 15.0. The third-order valence-corrected chi connectivity index (χ3v) is 4.22. The highest BCUT2D eigenvalue weighted by Crippen LogP contribution is 2.29. The van der Waals surface area contributed by atoms with Gasteiger partial charge in [0.15, 0.2) is 17.1 Å².